The van der Waals surface area contributed by atoms with E-state index in [9.17, 15) is 0 Å². The summed E-state index contributed by atoms with van der Waals surface area (Å²) < 4.78 is 7.70. The summed E-state index contributed by atoms with van der Waals surface area (Å²) in [5.74, 6) is 1.23. The number of hydrogen-bond acceptors (Lipinski definition) is 5. The number of rotatable bonds is 6. The Morgan fingerprint density at radius 3 is 2.60 bits per heavy atom. The molecule has 3 aromatic rings. The van der Waals surface area contributed by atoms with Gasteiger partial charge < -0.3 is 4.74 Å². The molecule has 0 radical (unpaired) electrons. The summed E-state index contributed by atoms with van der Waals surface area (Å²) in [7, 11) is 0. The minimum absolute atomic E-state index is 0.215. The van der Waals surface area contributed by atoms with Crippen molar-refractivity contribution in [2.45, 2.75) is 23.9 Å². The molecule has 3 rings (SSSR count). The average Bonchev–Trinajstić information content (AvgIpc) is 3.04. The van der Waals surface area contributed by atoms with Crippen molar-refractivity contribution in [2.24, 2.45) is 0 Å². The highest BCUT2D eigenvalue weighted by Crippen LogP contribution is 2.27. The molecular formula is C18H15ClN4OS. The fourth-order valence-corrected chi connectivity index (χ4v) is 3.16. The molecule has 7 heteroatoms. The third-order valence-corrected chi connectivity index (χ3v) is 4.62. The molecule has 1 heterocycles. The first-order valence-corrected chi connectivity index (χ1v) is 8.88. The van der Waals surface area contributed by atoms with E-state index in [0.29, 0.717) is 21.8 Å². The number of nitriles is 1. The smallest absolute Gasteiger partial charge is 0.197 e. The molecule has 0 aliphatic heterocycles. The zero-order chi connectivity index (χ0) is 17.6. The molecule has 126 valence electrons. The number of thioether (sulfide) groups is 1. The lowest BCUT2D eigenvalue weighted by molar-refractivity contribution is 0.293. The van der Waals surface area contributed by atoms with Crippen LogP contribution in [0.1, 0.15) is 12.7 Å². The summed E-state index contributed by atoms with van der Waals surface area (Å²) in [6.07, 6.45) is 0. The van der Waals surface area contributed by atoms with Crippen LogP contribution in [0.5, 0.6) is 5.75 Å². The molecule has 25 heavy (non-hydrogen) atoms. The lowest BCUT2D eigenvalue weighted by Gasteiger charge is -2.12. The predicted molar refractivity (Wildman–Crippen MR) is 98.1 cm³/mol. The van der Waals surface area contributed by atoms with Gasteiger partial charge in [-0.15, -0.1) is 10.2 Å². The Labute approximate surface area is 155 Å². The van der Waals surface area contributed by atoms with Crippen LogP contribution < -0.4 is 4.74 Å². The SMILES string of the molecule is CC(C#N)Sc1nnc(COc2ccccc2Cl)n1-c1ccccc1. The highest BCUT2D eigenvalue weighted by atomic mass is 35.5. The predicted octanol–water partition coefficient (Wildman–Crippen LogP) is 4.50. The van der Waals surface area contributed by atoms with E-state index >= 15 is 0 Å². The van der Waals surface area contributed by atoms with Gasteiger partial charge >= 0.3 is 0 Å². The maximum atomic E-state index is 9.08. The largest absolute Gasteiger partial charge is 0.484 e. The number of para-hydroxylation sites is 2. The van der Waals surface area contributed by atoms with Gasteiger partial charge in [0.05, 0.1) is 16.3 Å². The first-order chi connectivity index (χ1) is 12.2. The van der Waals surface area contributed by atoms with Crippen LogP contribution in [0.2, 0.25) is 5.02 Å². The van der Waals surface area contributed by atoms with Gasteiger partial charge in [0.2, 0.25) is 0 Å². The number of aromatic nitrogens is 3. The summed E-state index contributed by atoms with van der Waals surface area (Å²) in [5.41, 5.74) is 0.915. The van der Waals surface area contributed by atoms with Crippen LogP contribution in [0.3, 0.4) is 0 Å². The Morgan fingerprint density at radius 1 is 1.16 bits per heavy atom. The molecular weight excluding hydrogens is 356 g/mol. The standard InChI is InChI=1S/C18H15ClN4OS/c1-13(11-20)25-18-22-21-17(23(18)14-7-3-2-4-8-14)12-24-16-10-6-5-9-15(16)19/h2-10,13H,12H2,1H3. The summed E-state index contributed by atoms with van der Waals surface area (Å²) in [5, 5.41) is 18.5. The molecule has 0 fully saturated rings. The van der Waals surface area contributed by atoms with E-state index in [1.165, 1.54) is 11.8 Å². The van der Waals surface area contributed by atoms with Crippen LogP contribution in [-0.4, -0.2) is 20.0 Å². The Hall–Kier alpha value is -2.49. The van der Waals surface area contributed by atoms with E-state index in [-0.39, 0.29) is 11.9 Å². The molecule has 0 aliphatic rings. The molecule has 0 bridgehead atoms. The molecule has 0 amide bonds. The van der Waals surface area contributed by atoms with Crippen molar-refractivity contribution in [3.63, 3.8) is 0 Å². The minimum atomic E-state index is -0.232. The van der Waals surface area contributed by atoms with Gasteiger partial charge in [-0.3, -0.25) is 4.57 Å². The second-order valence-electron chi connectivity index (χ2n) is 5.18. The topological polar surface area (TPSA) is 63.7 Å². The molecule has 0 saturated carbocycles. The van der Waals surface area contributed by atoms with E-state index in [1.807, 2.05) is 54.0 Å². The number of halogens is 1. The third-order valence-electron chi connectivity index (χ3n) is 3.37. The van der Waals surface area contributed by atoms with Gasteiger partial charge in [-0.05, 0) is 31.2 Å². The second kappa shape index (κ2) is 8.06. The van der Waals surface area contributed by atoms with E-state index in [2.05, 4.69) is 16.3 Å². The first-order valence-electron chi connectivity index (χ1n) is 7.62. The van der Waals surface area contributed by atoms with Crippen LogP contribution in [0.15, 0.2) is 59.8 Å². The molecule has 0 spiro atoms. The molecule has 2 aromatic carbocycles. The first kappa shape index (κ1) is 17.3. The number of hydrogen-bond donors (Lipinski definition) is 0. The maximum absolute atomic E-state index is 9.08. The lowest BCUT2D eigenvalue weighted by atomic mass is 10.3. The minimum Gasteiger partial charge on any atom is -0.484 e. The Bertz CT molecular complexity index is 892. The van der Waals surface area contributed by atoms with Crippen molar-refractivity contribution in [3.05, 3.63) is 65.4 Å². The van der Waals surface area contributed by atoms with Crippen molar-refractivity contribution < 1.29 is 4.74 Å². The lowest BCUT2D eigenvalue weighted by Crippen LogP contribution is -2.07. The summed E-state index contributed by atoms with van der Waals surface area (Å²) in [6.45, 7) is 2.04. The van der Waals surface area contributed by atoms with Crippen LogP contribution in [0.25, 0.3) is 5.69 Å². The van der Waals surface area contributed by atoms with Gasteiger partial charge in [-0.2, -0.15) is 5.26 Å². The second-order valence-corrected chi connectivity index (χ2v) is 6.89. The quantitative estimate of drug-likeness (QED) is 0.597. The van der Waals surface area contributed by atoms with Crippen molar-refractivity contribution >= 4 is 23.4 Å². The molecule has 0 N–H and O–H groups in total. The van der Waals surface area contributed by atoms with Crippen LogP contribution in [-0.2, 0) is 6.61 Å². The van der Waals surface area contributed by atoms with Gasteiger partial charge in [0, 0.05) is 5.69 Å². The van der Waals surface area contributed by atoms with Gasteiger partial charge in [0.1, 0.15) is 12.4 Å². The fourth-order valence-electron chi connectivity index (χ4n) is 2.20. The zero-order valence-corrected chi connectivity index (χ0v) is 15.0. The maximum Gasteiger partial charge on any atom is 0.197 e. The monoisotopic (exact) mass is 370 g/mol. The van der Waals surface area contributed by atoms with Crippen LogP contribution in [0, 0.1) is 11.3 Å². The summed E-state index contributed by atoms with van der Waals surface area (Å²) in [4.78, 5) is 0. The van der Waals surface area contributed by atoms with Crippen molar-refractivity contribution in [1.82, 2.24) is 14.8 Å². The van der Waals surface area contributed by atoms with E-state index in [1.54, 1.807) is 12.1 Å². The molecule has 0 aliphatic carbocycles. The number of benzene rings is 2. The normalized spacial score (nSPS) is 11.7. The summed E-state index contributed by atoms with van der Waals surface area (Å²) >= 11 is 7.49. The zero-order valence-electron chi connectivity index (χ0n) is 13.5. The highest BCUT2D eigenvalue weighted by molar-refractivity contribution is 8.00. The van der Waals surface area contributed by atoms with Gasteiger partial charge in [-0.1, -0.05) is 53.7 Å². The van der Waals surface area contributed by atoms with Gasteiger partial charge in [0.25, 0.3) is 0 Å². The van der Waals surface area contributed by atoms with E-state index < -0.39 is 0 Å². The molecule has 5 nitrogen and oxygen atoms in total. The van der Waals surface area contributed by atoms with Gasteiger partial charge in [0.15, 0.2) is 11.0 Å². The van der Waals surface area contributed by atoms with Crippen molar-refractivity contribution in [2.75, 3.05) is 0 Å². The number of nitrogens with zero attached hydrogens (tertiary/aromatic N) is 4. The highest BCUT2D eigenvalue weighted by Gasteiger charge is 2.17. The van der Waals surface area contributed by atoms with Crippen molar-refractivity contribution in [1.29, 1.82) is 5.26 Å². The molecule has 1 atom stereocenters. The summed E-state index contributed by atoms with van der Waals surface area (Å²) in [6, 6.07) is 19.2. The Morgan fingerprint density at radius 2 is 1.88 bits per heavy atom. The Balaban J connectivity index is 1.91. The van der Waals surface area contributed by atoms with Crippen LogP contribution in [0.4, 0.5) is 0 Å². The third kappa shape index (κ3) is 4.13. The number of ether oxygens (including phenoxy) is 1. The Kier molecular flexibility index (Phi) is 5.59. The fraction of sp³-hybridized carbons (Fsp3) is 0.167. The average molecular weight is 371 g/mol. The van der Waals surface area contributed by atoms with Crippen molar-refractivity contribution in [3.8, 4) is 17.5 Å². The molecule has 1 aromatic heterocycles. The van der Waals surface area contributed by atoms with Crippen LogP contribution >= 0.6 is 23.4 Å². The van der Waals surface area contributed by atoms with E-state index in [4.69, 9.17) is 21.6 Å². The molecule has 1 unspecified atom stereocenters. The van der Waals surface area contributed by atoms with Gasteiger partial charge in [-0.25, -0.2) is 0 Å². The van der Waals surface area contributed by atoms with E-state index in [0.717, 1.165) is 5.69 Å². The molecule has 0 saturated heterocycles.